The summed E-state index contributed by atoms with van der Waals surface area (Å²) in [5, 5.41) is 23.9. The molecule has 1 aromatic carbocycles. The van der Waals surface area contributed by atoms with Gasteiger partial charge in [-0.3, -0.25) is 14.9 Å². The van der Waals surface area contributed by atoms with Gasteiger partial charge in [-0.15, -0.1) is 22.6 Å². The second-order valence-electron chi connectivity index (χ2n) is 3.62. The molecule has 0 unspecified atom stereocenters. The Morgan fingerprint density at radius 2 is 2.15 bits per heavy atom. The number of fused-ring (bicyclic) bond motifs is 1. The molecule has 0 aliphatic rings. The van der Waals surface area contributed by atoms with Crippen LogP contribution in [0.15, 0.2) is 33.5 Å². The van der Waals surface area contributed by atoms with E-state index in [2.05, 4.69) is 20.6 Å². The third-order valence-electron chi connectivity index (χ3n) is 2.50. The monoisotopic (exact) mass is 295 g/mol. The highest BCUT2D eigenvalue weighted by atomic mass is 35.5. The molecule has 0 bridgehead atoms. The summed E-state index contributed by atoms with van der Waals surface area (Å²) < 4.78 is 5.35. The number of aromatic amines is 1. The number of nitrogens with zero attached hydrogens (tertiary/aromatic N) is 4. The quantitative estimate of drug-likeness (QED) is 0.557. The summed E-state index contributed by atoms with van der Waals surface area (Å²) in [4.78, 5) is 22.2. The Labute approximate surface area is 116 Å². The van der Waals surface area contributed by atoms with E-state index in [9.17, 15) is 14.9 Å². The van der Waals surface area contributed by atoms with Gasteiger partial charge < -0.3 is 4.42 Å². The summed E-state index contributed by atoms with van der Waals surface area (Å²) in [5.74, 6) is 0.0673. The maximum atomic E-state index is 11.9. The minimum absolute atomic E-state index is 0. The van der Waals surface area contributed by atoms with Crippen LogP contribution < -0.4 is 5.43 Å². The summed E-state index contributed by atoms with van der Waals surface area (Å²) in [6.45, 7) is 0. The highest BCUT2D eigenvalue weighted by molar-refractivity contribution is 5.86. The van der Waals surface area contributed by atoms with E-state index in [0.717, 1.165) is 6.07 Å². The van der Waals surface area contributed by atoms with Gasteiger partial charge in [-0.25, -0.2) is 0 Å². The Balaban J connectivity index is 0.00000147. The Bertz CT molecular complexity index is 829. The zero-order valence-electron chi connectivity index (χ0n) is 9.64. The van der Waals surface area contributed by atoms with Crippen molar-refractivity contribution in [3.63, 3.8) is 0 Å². The molecule has 0 amide bonds. The molecule has 9 nitrogen and oxygen atoms in total. The highest BCUT2D eigenvalue weighted by Gasteiger charge is 2.18. The third kappa shape index (κ3) is 2.10. The van der Waals surface area contributed by atoms with Gasteiger partial charge in [-0.05, 0) is 11.3 Å². The first kappa shape index (κ1) is 13.6. The Morgan fingerprint density at radius 3 is 2.80 bits per heavy atom. The van der Waals surface area contributed by atoms with Gasteiger partial charge >= 0.3 is 5.69 Å². The molecule has 0 aliphatic heterocycles. The maximum Gasteiger partial charge on any atom is 0.312 e. The summed E-state index contributed by atoms with van der Waals surface area (Å²) in [6.07, 6.45) is 0. The van der Waals surface area contributed by atoms with Gasteiger partial charge in [0, 0.05) is 12.1 Å². The first-order valence-electron chi connectivity index (χ1n) is 5.12. The normalized spacial score (nSPS) is 10.2. The van der Waals surface area contributed by atoms with Crippen LogP contribution in [0.3, 0.4) is 0 Å². The van der Waals surface area contributed by atoms with Crippen molar-refractivity contribution >= 4 is 29.1 Å². The number of halogens is 1. The molecular formula is C10H6ClN5O4. The molecule has 10 heteroatoms. The number of hydrogen-bond donors (Lipinski definition) is 1. The molecule has 2 heterocycles. The zero-order chi connectivity index (χ0) is 13.4. The number of benzene rings is 1. The van der Waals surface area contributed by atoms with Crippen LogP contribution in [-0.4, -0.2) is 25.5 Å². The molecule has 0 spiro atoms. The van der Waals surface area contributed by atoms with E-state index in [1.165, 1.54) is 18.2 Å². The molecular weight excluding hydrogens is 290 g/mol. The molecule has 3 rings (SSSR count). The molecule has 102 valence electrons. The van der Waals surface area contributed by atoms with E-state index < -0.39 is 10.4 Å². The van der Waals surface area contributed by atoms with Crippen molar-refractivity contribution < 1.29 is 9.34 Å². The Hall–Kier alpha value is -2.81. The summed E-state index contributed by atoms with van der Waals surface area (Å²) in [6, 6.07) is 5.29. The smallest absolute Gasteiger partial charge is 0.312 e. The van der Waals surface area contributed by atoms with Crippen LogP contribution in [0, 0.1) is 10.1 Å². The first-order valence-corrected chi connectivity index (χ1v) is 5.12. The van der Waals surface area contributed by atoms with Crippen molar-refractivity contribution in [2.75, 3.05) is 0 Å². The summed E-state index contributed by atoms with van der Waals surface area (Å²) in [5.41, 5.74) is -0.815. The van der Waals surface area contributed by atoms with Crippen LogP contribution >= 0.6 is 12.4 Å². The average molecular weight is 296 g/mol. The molecule has 2 aromatic heterocycles. The number of nitro benzene ring substituents is 1. The number of aromatic nitrogens is 4. The van der Waals surface area contributed by atoms with Gasteiger partial charge in [0.05, 0.1) is 10.3 Å². The number of nitro groups is 1. The van der Waals surface area contributed by atoms with Gasteiger partial charge in [0.1, 0.15) is 0 Å². The van der Waals surface area contributed by atoms with Gasteiger partial charge in [-0.1, -0.05) is 6.07 Å². The molecule has 0 saturated carbocycles. The second-order valence-corrected chi connectivity index (χ2v) is 3.62. The standard InChI is InChI=1S/C10H5N5O4.ClH/c16-7-4-8(10-11-13-14-12-10)19-9-5(7)2-1-3-6(9)15(17)18;/h1-4H,(H,11,12,13,14);1H. The maximum absolute atomic E-state index is 11.9. The molecule has 0 radical (unpaired) electrons. The van der Waals surface area contributed by atoms with Crippen LogP contribution in [0.5, 0.6) is 0 Å². The summed E-state index contributed by atoms with van der Waals surface area (Å²) >= 11 is 0. The fraction of sp³-hybridized carbons (Fsp3) is 0. The fourth-order valence-corrected chi connectivity index (χ4v) is 1.68. The van der Waals surface area contributed by atoms with Crippen molar-refractivity contribution in [1.82, 2.24) is 20.6 Å². The van der Waals surface area contributed by atoms with Gasteiger partial charge in [-0.2, -0.15) is 5.21 Å². The van der Waals surface area contributed by atoms with E-state index >= 15 is 0 Å². The molecule has 0 atom stereocenters. The van der Waals surface area contributed by atoms with E-state index in [0.29, 0.717) is 0 Å². The number of nitrogens with one attached hydrogen (secondary N) is 1. The van der Waals surface area contributed by atoms with Crippen molar-refractivity contribution in [3.05, 3.63) is 44.6 Å². The van der Waals surface area contributed by atoms with Crippen LogP contribution in [0.25, 0.3) is 22.6 Å². The van der Waals surface area contributed by atoms with Crippen LogP contribution in [0.4, 0.5) is 5.69 Å². The molecule has 3 aromatic rings. The third-order valence-corrected chi connectivity index (χ3v) is 2.50. The van der Waals surface area contributed by atoms with Crippen LogP contribution in [0.2, 0.25) is 0 Å². The lowest BCUT2D eigenvalue weighted by molar-refractivity contribution is -0.383. The van der Waals surface area contributed by atoms with Crippen molar-refractivity contribution in [2.24, 2.45) is 0 Å². The highest BCUT2D eigenvalue weighted by Crippen LogP contribution is 2.26. The summed E-state index contributed by atoms with van der Waals surface area (Å²) in [7, 11) is 0. The topological polar surface area (TPSA) is 128 Å². The van der Waals surface area contributed by atoms with Crippen molar-refractivity contribution in [3.8, 4) is 11.6 Å². The minimum Gasteiger partial charge on any atom is -0.445 e. The number of non-ortho nitro benzene ring substituents is 1. The minimum atomic E-state index is -0.620. The number of tetrazole rings is 1. The number of hydrogen-bond acceptors (Lipinski definition) is 7. The van der Waals surface area contributed by atoms with Crippen molar-refractivity contribution in [2.45, 2.75) is 0 Å². The molecule has 0 fully saturated rings. The van der Waals surface area contributed by atoms with Gasteiger partial charge in [0.15, 0.2) is 11.2 Å². The molecule has 0 saturated heterocycles. The lowest BCUT2D eigenvalue weighted by Crippen LogP contribution is -2.02. The number of para-hydroxylation sites is 1. The largest absolute Gasteiger partial charge is 0.445 e. The van der Waals surface area contributed by atoms with Crippen LogP contribution in [0.1, 0.15) is 0 Å². The Kier molecular flexibility index (Phi) is 3.44. The van der Waals surface area contributed by atoms with E-state index in [4.69, 9.17) is 4.42 Å². The number of H-pyrrole nitrogens is 1. The van der Waals surface area contributed by atoms with E-state index in [1.54, 1.807) is 0 Å². The molecule has 1 N–H and O–H groups in total. The van der Waals surface area contributed by atoms with Crippen molar-refractivity contribution in [1.29, 1.82) is 0 Å². The van der Waals surface area contributed by atoms with E-state index in [1.807, 2.05) is 0 Å². The lowest BCUT2D eigenvalue weighted by atomic mass is 10.2. The zero-order valence-corrected chi connectivity index (χ0v) is 10.5. The second kappa shape index (κ2) is 5.05. The number of rotatable bonds is 2. The van der Waals surface area contributed by atoms with Gasteiger partial charge in [0.2, 0.25) is 11.4 Å². The predicted octanol–water partition coefficient (Wildman–Crippen LogP) is 1.30. The fourth-order valence-electron chi connectivity index (χ4n) is 1.68. The van der Waals surface area contributed by atoms with Crippen LogP contribution in [-0.2, 0) is 0 Å². The molecule has 0 aliphatic carbocycles. The van der Waals surface area contributed by atoms with Gasteiger partial charge in [0.25, 0.3) is 0 Å². The lowest BCUT2D eigenvalue weighted by Gasteiger charge is -1.99. The SMILES string of the molecule is Cl.O=c1cc(-c2nn[nH]n2)oc2c([N+](=O)[O-])cccc12. The average Bonchev–Trinajstić information content (AvgIpc) is 2.91. The predicted molar refractivity (Wildman–Crippen MR) is 69.6 cm³/mol. The Morgan fingerprint density at radius 1 is 1.35 bits per heavy atom. The first-order chi connectivity index (χ1) is 9.16. The van der Waals surface area contributed by atoms with E-state index in [-0.39, 0.29) is 40.6 Å². The molecule has 20 heavy (non-hydrogen) atoms.